The first-order chi connectivity index (χ1) is 7.84. The molecule has 6 heteroatoms. The molecule has 3 rings (SSSR count). The lowest BCUT2D eigenvalue weighted by atomic mass is 10.2. The summed E-state index contributed by atoms with van der Waals surface area (Å²) in [5, 5.41) is 7.10. The number of anilines is 1. The number of rotatable bonds is 2. The van der Waals surface area contributed by atoms with Crippen LogP contribution in [0.4, 0.5) is 5.00 Å². The van der Waals surface area contributed by atoms with E-state index in [0.29, 0.717) is 11.1 Å². The Morgan fingerprint density at radius 2 is 2.44 bits per heavy atom. The minimum absolute atomic E-state index is 0.400. The van der Waals surface area contributed by atoms with E-state index in [9.17, 15) is 0 Å². The molecule has 16 heavy (non-hydrogen) atoms. The number of nitrogens with zero attached hydrogens (tertiary/aromatic N) is 2. The highest BCUT2D eigenvalue weighted by Crippen LogP contribution is 2.39. The molecule has 2 aromatic heterocycles. The van der Waals surface area contributed by atoms with Gasteiger partial charge in [0.1, 0.15) is 0 Å². The molecule has 1 aliphatic rings. The van der Waals surface area contributed by atoms with Crippen LogP contribution in [0.1, 0.15) is 23.9 Å². The maximum absolute atomic E-state index is 5.82. The number of thioether (sulfide) groups is 1. The standard InChI is InChI=1S/C10H11N3OS2/c11-8-6(3-5-16-8)10-12-9(13-14-10)7-2-1-4-15-7/h3,5,7H,1-2,4,11H2. The molecule has 0 spiro atoms. The zero-order valence-electron chi connectivity index (χ0n) is 8.55. The summed E-state index contributed by atoms with van der Waals surface area (Å²) < 4.78 is 5.25. The largest absolute Gasteiger partial charge is 0.390 e. The quantitative estimate of drug-likeness (QED) is 0.891. The summed E-state index contributed by atoms with van der Waals surface area (Å²) in [4.78, 5) is 4.42. The van der Waals surface area contributed by atoms with Crippen LogP contribution in [0.2, 0.25) is 0 Å². The van der Waals surface area contributed by atoms with Gasteiger partial charge in [0.15, 0.2) is 5.82 Å². The maximum atomic E-state index is 5.82. The number of aromatic nitrogens is 2. The van der Waals surface area contributed by atoms with Gasteiger partial charge in [-0.05, 0) is 30.0 Å². The molecule has 84 valence electrons. The van der Waals surface area contributed by atoms with Crippen LogP contribution in [0.15, 0.2) is 16.0 Å². The van der Waals surface area contributed by atoms with E-state index in [-0.39, 0.29) is 0 Å². The predicted octanol–water partition coefficient (Wildman–Crippen LogP) is 2.95. The molecule has 0 amide bonds. The molecule has 0 bridgehead atoms. The van der Waals surface area contributed by atoms with Crippen molar-refractivity contribution >= 4 is 28.1 Å². The van der Waals surface area contributed by atoms with E-state index in [2.05, 4.69) is 10.1 Å². The molecule has 1 fully saturated rings. The maximum Gasteiger partial charge on any atom is 0.260 e. The zero-order valence-corrected chi connectivity index (χ0v) is 10.2. The van der Waals surface area contributed by atoms with Crippen LogP contribution in [0, 0.1) is 0 Å². The highest BCUT2D eigenvalue weighted by atomic mass is 32.2. The summed E-state index contributed by atoms with van der Waals surface area (Å²) in [6, 6.07) is 1.92. The van der Waals surface area contributed by atoms with Gasteiger partial charge < -0.3 is 10.3 Å². The molecule has 0 radical (unpaired) electrons. The molecule has 2 aromatic rings. The Morgan fingerprint density at radius 1 is 1.50 bits per heavy atom. The van der Waals surface area contributed by atoms with E-state index >= 15 is 0 Å². The number of nitrogen functional groups attached to an aromatic ring is 1. The van der Waals surface area contributed by atoms with E-state index in [1.165, 1.54) is 23.5 Å². The lowest BCUT2D eigenvalue weighted by molar-refractivity contribution is 0.422. The Hall–Kier alpha value is -1.01. The van der Waals surface area contributed by atoms with Gasteiger partial charge in [-0.2, -0.15) is 16.7 Å². The Morgan fingerprint density at radius 3 is 3.12 bits per heavy atom. The van der Waals surface area contributed by atoms with Gasteiger partial charge in [0.2, 0.25) is 0 Å². The first-order valence-electron chi connectivity index (χ1n) is 5.13. The fourth-order valence-corrected chi connectivity index (χ4v) is 3.58. The molecule has 1 aliphatic heterocycles. The average molecular weight is 253 g/mol. The monoisotopic (exact) mass is 253 g/mol. The van der Waals surface area contributed by atoms with E-state index in [1.807, 2.05) is 23.2 Å². The van der Waals surface area contributed by atoms with Crippen molar-refractivity contribution in [2.24, 2.45) is 0 Å². The van der Waals surface area contributed by atoms with Crippen LogP contribution in [0.3, 0.4) is 0 Å². The normalized spacial score (nSPS) is 20.4. The Labute approximate surface area is 101 Å². The second kappa shape index (κ2) is 4.10. The summed E-state index contributed by atoms with van der Waals surface area (Å²) in [7, 11) is 0. The molecular formula is C10H11N3OS2. The minimum Gasteiger partial charge on any atom is -0.390 e. The summed E-state index contributed by atoms with van der Waals surface area (Å²) in [5.41, 5.74) is 6.67. The van der Waals surface area contributed by atoms with Crippen LogP contribution in [0.5, 0.6) is 0 Å². The number of hydrogen-bond acceptors (Lipinski definition) is 6. The molecule has 0 aliphatic carbocycles. The smallest absolute Gasteiger partial charge is 0.260 e. The zero-order chi connectivity index (χ0) is 11.0. The van der Waals surface area contributed by atoms with Gasteiger partial charge in [0.25, 0.3) is 5.89 Å². The molecule has 1 saturated heterocycles. The predicted molar refractivity (Wildman–Crippen MR) is 66.5 cm³/mol. The fraction of sp³-hybridized carbons (Fsp3) is 0.400. The van der Waals surface area contributed by atoms with E-state index < -0.39 is 0 Å². The van der Waals surface area contributed by atoms with Crippen molar-refractivity contribution in [3.8, 4) is 11.5 Å². The van der Waals surface area contributed by atoms with Gasteiger partial charge in [-0.3, -0.25) is 0 Å². The first-order valence-corrected chi connectivity index (χ1v) is 7.06. The Kier molecular flexibility index (Phi) is 2.61. The van der Waals surface area contributed by atoms with Crippen molar-refractivity contribution in [3.05, 3.63) is 17.3 Å². The van der Waals surface area contributed by atoms with Crippen LogP contribution < -0.4 is 5.73 Å². The average Bonchev–Trinajstić information content (AvgIpc) is 2.96. The van der Waals surface area contributed by atoms with Crippen molar-refractivity contribution < 1.29 is 4.52 Å². The highest BCUT2D eigenvalue weighted by molar-refractivity contribution is 7.99. The minimum atomic E-state index is 0.400. The van der Waals surface area contributed by atoms with E-state index in [4.69, 9.17) is 10.3 Å². The second-order valence-corrected chi connectivity index (χ2v) is 5.92. The molecule has 1 unspecified atom stereocenters. The van der Waals surface area contributed by atoms with Gasteiger partial charge in [-0.25, -0.2) is 0 Å². The number of thiophene rings is 1. The van der Waals surface area contributed by atoms with Gasteiger partial charge >= 0.3 is 0 Å². The van der Waals surface area contributed by atoms with Crippen LogP contribution in [-0.4, -0.2) is 15.9 Å². The Bertz CT molecular complexity index is 488. The van der Waals surface area contributed by atoms with Crippen LogP contribution in [0.25, 0.3) is 11.5 Å². The molecule has 4 nitrogen and oxygen atoms in total. The van der Waals surface area contributed by atoms with E-state index in [0.717, 1.165) is 22.8 Å². The van der Waals surface area contributed by atoms with Crippen molar-refractivity contribution in [3.63, 3.8) is 0 Å². The number of nitrogens with two attached hydrogens (primary N) is 1. The second-order valence-electron chi connectivity index (χ2n) is 3.66. The molecule has 0 saturated carbocycles. The molecular weight excluding hydrogens is 242 g/mol. The third kappa shape index (κ3) is 1.72. The van der Waals surface area contributed by atoms with Crippen molar-refractivity contribution in [1.29, 1.82) is 0 Å². The SMILES string of the molecule is Nc1sccc1-c1nc(C2CCCS2)no1. The lowest BCUT2D eigenvalue weighted by Gasteiger charge is -1.98. The van der Waals surface area contributed by atoms with Crippen LogP contribution >= 0.6 is 23.1 Å². The van der Waals surface area contributed by atoms with Crippen molar-refractivity contribution in [2.75, 3.05) is 11.5 Å². The highest BCUT2D eigenvalue weighted by Gasteiger charge is 2.23. The summed E-state index contributed by atoms with van der Waals surface area (Å²) >= 11 is 3.38. The summed E-state index contributed by atoms with van der Waals surface area (Å²) in [5.74, 6) is 2.54. The molecule has 1 atom stereocenters. The molecule has 0 aromatic carbocycles. The topological polar surface area (TPSA) is 64.9 Å². The van der Waals surface area contributed by atoms with Crippen molar-refractivity contribution in [1.82, 2.24) is 10.1 Å². The molecule has 2 N–H and O–H groups in total. The molecule has 3 heterocycles. The third-order valence-corrected chi connectivity index (χ3v) is 4.70. The third-order valence-electron chi connectivity index (χ3n) is 2.58. The first kappa shape index (κ1) is 10.2. The Balaban J connectivity index is 1.90. The van der Waals surface area contributed by atoms with Gasteiger partial charge in [0, 0.05) is 0 Å². The van der Waals surface area contributed by atoms with Gasteiger partial charge in [-0.1, -0.05) is 5.16 Å². The number of hydrogen-bond donors (Lipinski definition) is 1. The van der Waals surface area contributed by atoms with Crippen LogP contribution in [-0.2, 0) is 0 Å². The fourth-order valence-electron chi connectivity index (χ4n) is 1.75. The van der Waals surface area contributed by atoms with Crippen molar-refractivity contribution in [2.45, 2.75) is 18.1 Å². The van der Waals surface area contributed by atoms with Gasteiger partial charge in [-0.15, -0.1) is 11.3 Å². The lowest BCUT2D eigenvalue weighted by Crippen LogP contribution is -1.91. The van der Waals surface area contributed by atoms with Gasteiger partial charge in [0.05, 0.1) is 15.8 Å². The summed E-state index contributed by atoms with van der Waals surface area (Å²) in [6.45, 7) is 0. The van der Waals surface area contributed by atoms with E-state index in [1.54, 1.807) is 0 Å². The summed E-state index contributed by atoms with van der Waals surface area (Å²) in [6.07, 6.45) is 2.38.